The van der Waals surface area contributed by atoms with Crippen LogP contribution in [0.3, 0.4) is 0 Å². The summed E-state index contributed by atoms with van der Waals surface area (Å²) in [6.45, 7) is 4.51. The fourth-order valence-electron chi connectivity index (χ4n) is 3.57. The number of rotatable bonds is 6. The zero-order chi connectivity index (χ0) is 20.9. The lowest BCUT2D eigenvalue weighted by atomic mass is 10.1. The van der Waals surface area contributed by atoms with E-state index < -0.39 is 0 Å². The molecule has 0 amide bonds. The highest BCUT2D eigenvalue weighted by molar-refractivity contribution is 6.30. The molecule has 3 aromatic carbocycles. The number of nitrogens with zero attached hydrogens (tertiary/aromatic N) is 2. The van der Waals surface area contributed by atoms with Gasteiger partial charge in [0.1, 0.15) is 6.61 Å². The Morgan fingerprint density at radius 1 is 0.900 bits per heavy atom. The van der Waals surface area contributed by atoms with E-state index in [-0.39, 0.29) is 0 Å². The molecule has 4 rings (SSSR count). The fraction of sp³-hybridized carbons (Fsp3) is 0.115. The summed E-state index contributed by atoms with van der Waals surface area (Å²) in [6, 6.07) is 30.4. The molecule has 3 nitrogen and oxygen atoms in total. The second kappa shape index (κ2) is 9.02. The third-order valence-electron chi connectivity index (χ3n) is 5.05. The van der Waals surface area contributed by atoms with Crippen molar-refractivity contribution in [3.8, 4) is 16.9 Å². The summed E-state index contributed by atoms with van der Waals surface area (Å²) in [5, 5.41) is 5.09. The topological polar surface area (TPSA) is 26.5 Å². The van der Waals surface area contributed by atoms with Crippen molar-refractivity contribution >= 4 is 17.3 Å². The van der Waals surface area contributed by atoms with Gasteiger partial charge in [-0.2, -0.15) is 0 Å². The van der Waals surface area contributed by atoms with Crippen molar-refractivity contribution in [2.45, 2.75) is 20.5 Å². The maximum absolute atomic E-state index is 6.28. The van der Waals surface area contributed by atoms with Crippen LogP contribution in [-0.4, -0.2) is 10.3 Å². The molecule has 4 heteroatoms. The third kappa shape index (κ3) is 4.32. The summed E-state index contributed by atoms with van der Waals surface area (Å²) in [7, 11) is 0. The molecule has 4 aromatic rings. The molecule has 0 aliphatic heterocycles. The van der Waals surface area contributed by atoms with Crippen LogP contribution in [0.1, 0.15) is 23.7 Å². The molecule has 1 aromatic heterocycles. The van der Waals surface area contributed by atoms with Gasteiger partial charge >= 0.3 is 0 Å². The molecular formula is C26H23ClN2O. The molecule has 0 bridgehead atoms. The van der Waals surface area contributed by atoms with Gasteiger partial charge in [-0.1, -0.05) is 83.5 Å². The molecule has 0 saturated carbocycles. The number of hydrogen-bond donors (Lipinski definition) is 0. The van der Waals surface area contributed by atoms with E-state index in [9.17, 15) is 0 Å². The van der Waals surface area contributed by atoms with Crippen molar-refractivity contribution in [3.05, 3.63) is 113 Å². The Bertz CT molecular complexity index is 1160. The average Bonchev–Trinajstić information content (AvgIpc) is 3.12. The van der Waals surface area contributed by atoms with E-state index in [1.165, 1.54) is 0 Å². The van der Waals surface area contributed by atoms with Crippen LogP contribution in [0.25, 0.3) is 16.9 Å². The van der Waals surface area contributed by atoms with Gasteiger partial charge in [-0.15, -0.1) is 0 Å². The molecule has 0 radical (unpaired) electrons. The monoisotopic (exact) mass is 414 g/mol. The van der Waals surface area contributed by atoms with Crippen LogP contribution in [-0.2, 0) is 11.4 Å². The fourth-order valence-corrected chi connectivity index (χ4v) is 3.75. The average molecular weight is 415 g/mol. The van der Waals surface area contributed by atoms with Crippen LogP contribution in [0.4, 0.5) is 0 Å². The molecule has 0 unspecified atom stereocenters. The van der Waals surface area contributed by atoms with Crippen molar-refractivity contribution in [2.24, 2.45) is 5.16 Å². The maximum Gasteiger partial charge on any atom is 0.142 e. The van der Waals surface area contributed by atoms with Crippen molar-refractivity contribution in [3.63, 3.8) is 0 Å². The summed E-state index contributed by atoms with van der Waals surface area (Å²) in [5.41, 5.74) is 7.28. The van der Waals surface area contributed by atoms with Crippen LogP contribution in [0.15, 0.2) is 96.2 Å². The van der Waals surface area contributed by atoms with E-state index in [1.54, 1.807) is 0 Å². The first-order chi connectivity index (χ1) is 14.6. The van der Waals surface area contributed by atoms with Crippen LogP contribution >= 0.6 is 11.6 Å². The molecule has 0 fully saturated rings. The Hall–Kier alpha value is -3.30. The molecule has 0 spiro atoms. The number of halogens is 1. The van der Waals surface area contributed by atoms with E-state index in [1.807, 2.05) is 73.7 Å². The number of oxime groups is 1. The van der Waals surface area contributed by atoms with E-state index in [2.05, 4.69) is 40.9 Å². The Balaban J connectivity index is 1.73. The van der Waals surface area contributed by atoms with Gasteiger partial charge in [0.05, 0.1) is 11.4 Å². The lowest BCUT2D eigenvalue weighted by molar-refractivity contribution is 0.130. The van der Waals surface area contributed by atoms with Gasteiger partial charge in [-0.3, -0.25) is 0 Å². The second-order valence-electron chi connectivity index (χ2n) is 7.15. The molecular weight excluding hydrogens is 392 g/mol. The van der Waals surface area contributed by atoms with Crippen LogP contribution in [0, 0.1) is 6.92 Å². The Kier molecular flexibility index (Phi) is 6.01. The van der Waals surface area contributed by atoms with Gasteiger partial charge in [-0.05, 0) is 49.2 Å². The Labute approximate surface area is 182 Å². The summed E-state index contributed by atoms with van der Waals surface area (Å²) < 4.78 is 2.22. The van der Waals surface area contributed by atoms with E-state index in [0.29, 0.717) is 11.6 Å². The SMILES string of the molecule is C/C(=N\OCc1ccccc1)c1cc(-c2ccccc2)n(-c2cccc(Cl)c2)c1C. The molecule has 30 heavy (non-hydrogen) atoms. The minimum absolute atomic E-state index is 0.442. The molecule has 0 aliphatic rings. The highest BCUT2D eigenvalue weighted by atomic mass is 35.5. The summed E-state index contributed by atoms with van der Waals surface area (Å²) in [4.78, 5) is 5.63. The molecule has 0 aliphatic carbocycles. The quantitative estimate of drug-likeness (QED) is 0.245. The normalized spacial score (nSPS) is 11.5. The number of hydrogen-bond acceptors (Lipinski definition) is 2. The zero-order valence-corrected chi connectivity index (χ0v) is 17.8. The van der Waals surface area contributed by atoms with Crippen LogP contribution in [0.2, 0.25) is 5.02 Å². The van der Waals surface area contributed by atoms with Gasteiger partial charge in [-0.25, -0.2) is 0 Å². The Morgan fingerprint density at radius 3 is 2.30 bits per heavy atom. The lowest BCUT2D eigenvalue weighted by Crippen LogP contribution is -2.02. The van der Waals surface area contributed by atoms with Gasteiger partial charge < -0.3 is 9.40 Å². The number of benzene rings is 3. The van der Waals surface area contributed by atoms with Gasteiger partial charge in [0, 0.05) is 22.0 Å². The van der Waals surface area contributed by atoms with Gasteiger partial charge in [0.15, 0.2) is 0 Å². The predicted octanol–water partition coefficient (Wildman–Crippen LogP) is 7.05. The van der Waals surface area contributed by atoms with Crippen molar-refractivity contribution in [1.82, 2.24) is 4.57 Å². The standard InChI is InChI=1S/C26H23ClN2O/c1-19(28-30-18-21-10-5-3-6-11-21)25-17-26(22-12-7-4-8-13-22)29(20(25)2)24-15-9-14-23(27)16-24/h3-17H,18H2,1-2H3/b28-19+. The molecule has 1 heterocycles. The minimum Gasteiger partial charge on any atom is -0.391 e. The van der Waals surface area contributed by atoms with Gasteiger partial charge in [0.25, 0.3) is 0 Å². The molecule has 0 N–H and O–H groups in total. The van der Waals surface area contributed by atoms with Gasteiger partial charge in [0.2, 0.25) is 0 Å². The molecule has 0 saturated heterocycles. The first kappa shape index (κ1) is 20.0. The summed E-state index contributed by atoms with van der Waals surface area (Å²) in [6.07, 6.45) is 0. The van der Waals surface area contributed by atoms with Crippen molar-refractivity contribution in [1.29, 1.82) is 0 Å². The van der Waals surface area contributed by atoms with E-state index >= 15 is 0 Å². The smallest absolute Gasteiger partial charge is 0.142 e. The minimum atomic E-state index is 0.442. The molecule has 150 valence electrons. The van der Waals surface area contributed by atoms with E-state index in [4.69, 9.17) is 16.4 Å². The highest BCUT2D eigenvalue weighted by Gasteiger charge is 2.17. The first-order valence-corrected chi connectivity index (χ1v) is 10.3. The van der Waals surface area contributed by atoms with Crippen LogP contribution < -0.4 is 0 Å². The Morgan fingerprint density at radius 2 is 1.60 bits per heavy atom. The van der Waals surface area contributed by atoms with Crippen molar-refractivity contribution < 1.29 is 4.84 Å². The van der Waals surface area contributed by atoms with E-state index in [0.717, 1.165) is 39.5 Å². The molecule has 0 atom stereocenters. The van der Waals surface area contributed by atoms with Crippen LogP contribution in [0.5, 0.6) is 0 Å². The summed E-state index contributed by atoms with van der Waals surface area (Å²) >= 11 is 6.28. The second-order valence-corrected chi connectivity index (χ2v) is 7.58. The number of aromatic nitrogens is 1. The van der Waals surface area contributed by atoms with Crippen molar-refractivity contribution in [2.75, 3.05) is 0 Å². The maximum atomic E-state index is 6.28. The zero-order valence-electron chi connectivity index (χ0n) is 17.0. The lowest BCUT2D eigenvalue weighted by Gasteiger charge is -2.13. The highest BCUT2D eigenvalue weighted by Crippen LogP contribution is 2.30. The largest absolute Gasteiger partial charge is 0.391 e. The summed E-state index contributed by atoms with van der Waals surface area (Å²) in [5.74, 6) is 0. The third-order valence-corrected chi connectivity index (χ3v) is 5.28. The first-order valence-electron chi connectivity index (χ1n) is 9.88. The predicted molar refractivity (Wildman–Crippen MR) is 124 cm³/mol.